The molecule has 0 heterocycles. The molecule has 0 spiro atoms. The SMILES string of the molecule is CC/C=C\C/C=C\C/C=C\C/C=C\C/C=C\C/C=C\C/C=C\CCCC(=O)OCC(COC(=O)C/C=C\C/C=C\C/C=C\C/C=C\C/C=C\CC)OC(=O)CCCCCCCCCCCCCCCCCCCCC. The molecule has 0 aromatic carbocycles. The van der Waals surface area contributed by atoms with Crippen molar-refractivity contribution in [3.05, 3.63) is 146 Å². The second kappa shape index (κ2) is 61.8. The Morgan fingerprint density at radius 3 is 0.920 bits per heavy atom. The van der Waals surface area contributed by atoms with Crippen LogP contribution in [0.2, 0.25) is 0 Å². The van der Waals surface area contributed by atoms with Gasteiger partial charge in [-0.1, -0.05) is 282 Å². The molecule has 0 radical (unpaired) electrons. The molecule has 75 heavy (non-hydrogen) atoms. The zero-order chi connectivity index (χ0) is 54.3. The summed E-state index contributed by atoms with van der Waals surface area (Å²) < 4.78 is 16.7. The molecule has 0 rings (SSSR count). The van der Waals surface area contributed by atoms with Gasteiger partial charge in [-0.25, -0.2) is 0 Å². The van der Waals surface area contributed by atoms with Crippen LogP contribution in [0.3, 0.4) is 0 Å². The topological polar surface area (TPSA) is 78.9 Å². The van der Waals surface area contributed by atoms with Gasteiger partial charge < -0.3 is 14.2 Å². The molecule has 0 bridgehead atoms. The highest BCUT2D eigenvalue weighted by molar-refractivity contribution is 5.72. The lowest BCUT2D eigenvalue weighted by Crippen LogP contribution is -2.30. The normalized spacial score (nSPS) is 13.2. The summed E-state index contributed by atoms with van der Waals surface area (Å²) in [7, 11) is 0. The highest BCUT2D eigenvalue weighted by Gasteiger charge is 2.19. The summed E-state index contributed by atoms with van der Waals surface area (Å²) in [5.74, 6) is -1.13. The standard InChI is InChI=1S/C69H110O6/c1-4-7-10-13-16-19-22-25-28-30-32-33-34-35-37-38-41-44-47-50-53-56-59-62-68(71)74-65-66(64-73-67(70)61-58-55-52-49-46-43-40-27-24-21-18-15-12-9-6-3)75-69(72)63-60-57-54-51-48-45-42-39-36-31-29-26-23-20-17-14-11-8-5-2/h7,9-10,12,16,18-19,21,25,27-28,32-33,35,37,40-41,44,46,49-50,53,55,58,66H,4-6,8,11,13-15,17,20,22-24,26,29-31,34,36,38-39,42-43,45,47-48,51-52,54,56-57,59-65H2,1-3H3/b10-7-,12-9-,19-16-,21-18-,28-25-,33-32-,37-35-,40-27-,44-41-,49-46-,53-50-,58-55-. The van der Waals surface area contributed by atoms with Crippen molar-refractivity contribution in [2.45, 2.75) is 258 Å². The number of allylic oxidation sites excluding steroid dienone is 23. The van der Waals surface area contributed by atoms with Crippen LogP contribution in [0.25, 0.3) is 0 Å². The van der Waals surface area contributed by atoms with Crippen LogP contribution in [0, 0.1) is 0 Å². The summed E-state index contributed by atoms with van der Waals surface area (Å²) in [6.45, 7) is 6.28. The summed E-state index contributed by atoms with van der Waals surface area (Å²) in [5, 5.41) is 0. The Morgan fingerprint density at radius 1 is 0.293 bits per heavy atom. The summed E-state index contributed by atoms with van der Waals surface area (Å²) >= 11 is 0. The maximum atomic E-state index is 12.9. The number of hydrogen-bond donors (Lipinski definition) is 0. The maximum Gasteiger partial charge on any atom is 0.309 e. The first-order valence-electron chi connectivity index (χ1n) is 30.3. The van der Waals surface area contributed by atoms with Crippen LogP contribution < -0.4 is 0 Å². The predicted molar refractivity (Wildman–Crippen MR) is 325 cm³/mol. The summed E-state index contributed by atoms with van der Waals surface area (Å²) in [6, 6.07) is 0. The van der Waals surface area contributed by atoms with E-state index in [4.69, 9.17) is 14.2 Å². The number of rotatable bonds is 53. The molecular weight excluding hydrogens is 925 g/mol. The molecule has 0 aromatic rings. The van der Waals surface area contributed by atoms with Crippen LogP contribution in [-0.2, 0) is 28.6 Å². The minimum Gasteiger partial charge on any atom is -0.462 e. The average Bonchev–Trinajstić information content (AvgIpc) is 3.41. The van der Waals surface area contributed by atoms with Gasteiger partial charge >= 0.3 is 17.9 Å². The number of carbonyl (C=O) groups is 3. The molecule has 0 aliphatic heterocycles. The Balaban J connectivity index is 4.56. The van der Waals surface area contributed by atoms with Crippen molar-refractivity contribution in [2.75, 3.05) is 13.2 Å². The fraction of sp³-hybridized carbons (Fsp3) is 0.609. The van der Waals surface area contributed by atoms with Gasteiger partial charge in [0.05, 0.1) is 6.42 Å². The lowest BCUT2D eigenvalue weighted by atomic mass is 10.0. The molecule has 422 valence electrons. The van der Waals surface area contributed by atoms with Gasteiger partial charge in [0.25, 0.3) is 0 Å². The van der Waals surface area contributed by atoms with Gasteiger partial charge in [0.2, 0.25) is 0 Å². The molecule has 0 saturated carbocycles. The Bertz CT molecular complexity index is 1660. The molecule has 0 amide bonds. The number of hydrogen-bond acceptors (Lipinski definition) is 6. The molecule has 0 aromatic heterocycles. The highest BCUT2D eigenvalue weighted by atomic mass is 16.6. The van der Waals surface area contributed by atoms with Gasteiger partial charge in [0.1, 0.15) is 13.2 Å². The first-order valence-corrected chi connectivity index (χ1v) is 30.3. The molecule has 1 atom stereocenters. The third kappa shape index (κ3) is 60.0. The third-order valence-corrected chi connectivity index (χ3v) is 12.4. The van der Waals surface area contributed by atoms with Crippen molar-refractivity contribution in [1.29, 1.82) is 0 Å². The largest absolute Gasteiger partial charge is 0.462 e. The average molecular weight is 1040 g/mol. The second-order valence-corrected chi connectivity index (χ2v) is 19.5. The predicted octanol–water partition coefficient (Wildman–Crippen LogP) is 20.8. The fourth-order valence-corrected chi connectivity index (χ4v) is 7.92. The van der Waals surface area contributed by atoms with Crippen molar-refractivity contribution in [1.82, 2.24) is 0 Å². The number of ether oxygens (including phenoxy) is 3. The quantitative estimate of drug-likeness (QED) is 0.0261. The van der Waals surface area contributed by atoms with Crippen molar-refractivity contribution < 1.29 is 28.6 Å². The van der Waals surface area contributed by atoms with Crippen molar-refractivity contribution in [3.63, 3.8) is 0 Å². The van der Waals surface area contributed by atoms with Gasteiger partial charge in [0, 0.05) is 12.8 Å². The molecule has 0 fully saturated rings. The van der Waals surface area contributed by atoms with E-state index in [9.17, 15) is 14.4 Å². The van der Waals surface area contributed by atoms with Crippen LogP contribution in [0.5, 0.6) is 0 Å². The van der Waals surface area contributed by atoms with E-state index in [0.29, 0.717) is 12.8 Å². The van der Waals surface area contributed by atoms with E-state index in [-0.39, 0.29) is 38.0 Å². The first-order chi connectivity index (χ1) is 37.0. The second-order valence-electron chi connectivity index (χ2n) is 19.5. The maximum absolute atomic E-state index is 12.9. The van der Waals surface area contributed by atoms with Crippen molar-refractivity contribution in [3.8, 4) is 0 Å². The number of carbonyl (C=O) groups excluding carboxylic acids is 3. The Hall–Kier alpha value is -4.71. The van der Waals surface area contributed by atoms with Gasteiger partial charge in [-0.05, 0) is 96.3 Å². The fourth-order valence-electron chi connectivity index (χ4n) is 7.92. The lowest BCUT2D eigenvalue weighted by molar-refractivity contribution is -0.166. The molecular formula is C69H110O6. The number of esters is 3. The minimum atomic E-state index is -0.847. The summed E-state index contributed by atoms with van der Waals surface area (Å²) in [4.78, 5) is 38.2. The van der Waals surface area contributed by atoms with Crippen molar-refractivity contribution in [2.24, 2.45) is 0 Å². The Kier molecular flexibility index (Phi) is 58.0. The van der Waals surface area contributed by atoms with Gasteiger partial charge in [-0.3, -0.25) is 14.4 Å². The minimum absolute atomic E-state index is 0.112. The first kappa shape index (κ1) is 70.3. The molecule has 0 aliphatic carbocycles. The van der Waals surface area contributed by atoms with E-state index in [0.717, 1.165) is 103 Å². The molecule has 0 aliphatic rings. The third-order valence-electron chi connectivity index (χ3n) is 12.4. The van der Waals surface area contributed by atoms with Crippen LogP contribution in [0.4, 0.5) is 0 Å². The Morgan fingerprint density at radius 2 is 0.573 bits per heavy atom. The molecule has 0 saturated heterocycles. The molecule has 6 heteroatoms. The van der Waals surface area contributed by atoms with Crippen molar-refractivity contribution >= 4 is 17.9 Å². The van der Waals surface area contributed by atoms with E-state index in [1.165, 1.54) is 103 Å². The molecule has 0 N–H and O–H groups in total. The summed E-state index contributed by atoms with van der Waals surface area (Å²) in [5.41, 5.74) is 0. The molecule has 6 nitrogen and oxygen atoms in total. The summed E-state index contributed by atoms with van der Waals surface area (Å²) in [6.07, 6.45) is 88.8. The molecule has 1 unspecified atom stereocenters. The lowest BCUT2D eigenvalue weighted by Gasteiger charge is -2.18. The van der Waals surface area contributed by atoms with E-state index < -0.39 is 12.1 Å². The van der Waals surface area contributed by atoms with Gasteiger partial charge in [-0.2, -0.15) is 0 Å². The Labute approximate surface area is 461 Å². The zero-order valence-corrected chi connectivity index (χ0v) is 48.3. The van der Waals surface area contributed by atoms with E-state index >= 15 is 0 Å². The smallest absolute Gasteiger partial charge is 0.309 e. The van der Waals surface area contributed by atoms with E-state index in [1.807, 2.05) is 6.08 Å². The monoisotopic (exact) mass is 1030 g/mol. The van der Waals surface area contributed by atoms with Gasteiger partial charge in [-0.15, -0.1) is 0 Å². The van der Waals surface area contributed by atoms with E-state index in [1.54, 1.807) is 6.08 Å². The van der Waals surface area contributed by atoms with E-state index in [2.05, 4.69) is 154 Å². The van der Waals surface area contributed by atoms with Crippen LogP contribution in [0.15, 0.2) is 146 Å². The zero-order valence-electron chi connectivity index (χ0n) is 48.3. The van der Waals surface area contributed by atoms with Crippen LogP contribution in [0.1, 0.15) is 252 Å². The highest BCUT2D eigenvalue weighted by Crippen LogP contribution is 2.16. The van der Waals surface area contributed by atoms with Gasteiger partial charge in [0.15, 0.2) is 6.10 Å². The van der Waals surface area contributed by atoms with Crippen LogP contribution >= 0.6 is 0 Å². The van der Waals surface area contributed by atoms with Crippen LogP contribution in [-0.4, -0.2) is 37.2 Å². The number of unbranched alkanes of at least 4 members (excludes halogenated alkanes) is 19.